The molecule has 3 atom stereocenters. The van der Waals surface area contributed by atoms with Crippen LogP contribution in [0.15, 0.2) is 0 Å². The summed E-state index contributed by atoms with van der Waals surface area (Å²) in [5, 5.41) is 0. The smallest absolute Gasteiger partial charge is 0.187 e. The Morgan fingerprint density at radius 2 is 1.48 bits per heavy atom. The first-order chi connectivity index (χ1) is 11.8. The van der Waals surface area contributed by atoms with Gasteiger partial charge in [0.2, 0.25) is 0 Å². The summed E-state index contributed by atoms with van der Waals surface area (Å²) in [6.07, 6.45) is -1.53. The molecule has 10 heteroatoms. The molecule has 2 saturated heterocycles. The summed E-state index contributed by atoms with van der Waals surface area (Å²) < 4.78 is 48.9. The van der Waals surface area contributed by atoms with E-state index in [9.17, 15) is 0 Å². The van der Waals surface area contributed by atoms with Gasteiger partial charge in [0.1, 0.15) is 32.1 Å². The maximum atomic E-state index is 5.51. The van der Waals surface area contributed by atoms with Gasteiger partial charge in [0.15, 0.2) is 37.2 Å². The van der Waals surface area contributed by atoms with E-state index in [0.29, 0.717) is 18.7 Å². The molecule has 0 spiro atoms. The molecule has 0 amide bonds. The van der Waals surface area contributed by atoms with E-state index >= 15 is 0 Å². The first kappa shape index (κ1) is 21.4. The van der Waals surface area contributed by atoms with Gasteiger partial charge < -0.3 is 42.6 Å². The number of halogens is 1. The topological polar surface area (TPSA) is 83.1 Å². The molecule has 2 fully saturated rings. The molecule has 0 N–H and O–H groups in total. The first-order valence-electron chi connectivity index (χ1n) is 8.03. The highest BCUT2D eigenvalue weighted by Crippen LogP contribution is 2.23. The van der Waals surface area contributed by atoms with Crippen molar-refractivity contribution in [3.63, 3.8) is 0 Å². The minimum atomic E-state index is -0.641. The number of hydrogen-bond donors (Lipinski definition) is 0. The number of rotatable bonds is 11. The van der Waals surface area contributed by atoms with Gasteiger partial charge in [-0.2, -0.15) is 0 Å². The lowest BCUT2D eigenvalue weighted by molar-refractivity contribution is -0.267. The molecule has 2 heterocycles. The van der Waals surface area contributed by atoms with Crippen molar-refractivity contribution >= 4 is 15.9 Å². The van der Waals surface area contributed by atoms with E-state index in [1.807, 2.05) is 27.7 Å². The van der Waals surface area contributed by atoms with Gasteiger partial charge in [0.05, 0.1) is 0 Å². The zero-order valence-electron chi connectivity index (χ0n) is 15.0. The van der Waals surface area contributed by atoms with E-state index in [1.54, 1.807) is 0 Å². The fourth-order valence-electron chi connectivity index (χ4n) is 2.14. The minimum absolute atomic E-state index is 0.0141. The molecule has 0 aromatic rings. The Balaban J connectivity index is 1.55. The largest absolute Gasteiger partial charge is 0.350 e. The van der Waals surface area contributed by atoms with E-state index in [2.05, 4.69) is 15.9 Å². The van der Waals surface area contributed by atoms with Crippen LogP contribution in [0, 0.1) is 0 Å². The predicted molar refractivity (Wildman–Crippen MR) is 87.4 cm³/mol. The highest BCUT2D eigenvalue weighted by Gasteiger charge is 2.34. The molecule has 0 saturated carbocycles. The molecule has 0 bridgehead atoms. The van der Waals surface area contributed by atoms with E-state index in [-0.39, 0.29) is 20.2 Å². The summed E-state index contributed by atoms with van der Waals surface area (Å²) >= 11 is 3.19. The Labute approximate surface area is 156 Å². The first-order valence-corrected chi connectivity index (χ1v) is 9.15. The average molecular weight is 431 g/mol. The van der Waals surface area contributed by atoms with Gasteiger partial charge in [-0.15, -0.1) is 0 Å². The second kappa shape index (κ2) is 9.88. The summed E-state index contributed by atoms with van der Waals surface area (Å²) in [4.78, 5) is 0. The van der Waals surface area contributed by atoms with Crippen LogP contribution in [0.4, 0.5) is 0 Å². The monoisotopic (exact) mass is 430 g/mol. The quantitative estimate of drug-likeness (QED) is 0.277. The molecule has 148 valence electrons. The van der Waals surface area contributed by atoms with Crippen molar-refractivity contribution in [2.45, 2.75) is 58.1 Å². The van der Waals surface area contributed by atoms with Crippen LogP contribution in [0.3, 0.4) is 0 Å². The van der Waals surface area contributed by atoms with Gasteiger partial charge in [0, 0.05) is 0 Å². The van der Waals surface area contributed by atoms with Crippen LogP contribution < -0.4 is 0 Å². The standard InChI is InChI=1S/C15H27BrO9/c1-14(2)22-6-12(24-14)19-9-17-5-11(18-8-16)20-10-21-13-7-23-15(3,4)25-13/h11-13H,5-10H2,1-4H3. The fourth-order valence-corrected chi connectivity index (χ4v) is 2.44. The zero-order valence-corrected chi connectivity index (χ0v) is 16.6. The lowest BCUT2D eigenvalue weighted by atomic mass is 10.4. The molecule has 0 aromatic heterocycles. The van der Waals surface area contributed by atoms with E-state index < -0.39 is 30.4 Å². The summed E-state index contributed by atoms with van der Waals surface area (Å²) in [5.41, 5.74) is 0.297. The van der Waals surface area contributed by atoms with Crippen LogP contribution in [-0.2, 0) is 42.6 Å². The van der Waals surface area contributed by atoms with Crippen molar-refractivity contribution in [1.82, 2.24) is 0 Å². The normalized spacial score (nSPS) is 29.2. The van der Waals surface area contributed by atoms with Crippen LogP contribution in [0.2, 0.25) is 0 Å². The lowest BCUT2D eigenvalue weighted by Gasteiger charge is -2.20. The van der Waals surface area contributed by atoms with Crippen molar-refractivity contribution in [2.24, 2.45) is 0 Å². The predicted octanol–water partition coefficient (Wildman–Crippen LogP) is 1.88. The van der Waals surface area contributed by atoms with Crippen molar-refractivity contribution in [2.75, 3.05) is 38.9 Å². The maximum Gasteiger partial charge on any atom is 0.187 e. The molecule has 2 rings (SSSR count). The van der Waals surface area contributed by atoms with Crippen molar-refractivity contribution in [3.8, 4) is 0 Å². The second-order valence-electron chi connectivity index (χ2n) is 6.33. The van der Waals surface area contributed by atoms with Gasteiger partial charge in [-0.3, -0.25) is 0 Å². The number of ether oxygens (including phenoxy) is 9. The van der Waals surface area contributed by atoms with Gasteiger partial charge in [0.25, 0.3) is 0 Å². The highest BCUT2D eigenvalue weighted by molar-refractivity contribution is 9.09. The van der Waals surface area contributed by atoms with E-state index in [0.717, 1.165) is 0 Å². The third-order valence-electron chi connectivity index (χ3n) is 3.31. The van der Waals surface area contributed by atoms with Crippen molar-refractivity contribution < 1.29 is 42.6 Å². The van der Waals surface area contributed by atoms with Crippen LogP contribution in [0.5, 0.6) is 0 Å². The van der Waals surface area contributed by atoms with Crippen LogP contribution >= 0.6 is 15.9 Å². The van der Waals surface area contributed by atoms with E-state index in [1.165, 1.54) is 0 Å². The number of hydrogen-bond acceptors (Lipinski definition) is 9. The summed E-state index contributed by atoms with van der Waals surface area (Å²) in [6, 6.07) is 0. The summed E-state index contributed by atoms with van der Waals surface area (Å²) in [7, 11) is 0. The van der Waals surface area contributed by atoms with Crippen LogP contribution in [0.1, 0.15) is 27.7 Å². The van der Waals surface area contributed by atoms with Gasteiger partial charge >= 0.3 is 0 Å². The second-order valence-corrected chi connectivity index (χ2v) is 6.79. The molecule has 2 aliphatic rings. The fraction of sp³-hybridized carbons (Fsp3) is 1.00. The molecule has 0 aromatic carbocycles. The van der Waals surface area contributed by atoms with E-state index in [4.69, 9.17) is 42.6 Å². The van der Waals surface area contributed by atoms with Crippen molar-refractivity contribution in [1.29, 1.82) is 0 Å². The molecule has 25 heavy (non-hydrogen) atoms. The average Bonchev–Trinajstić information content (AvgIpc) is 3.05. The Morgan fingerprint density at radius 3 is 1.96 bits per heavy atom. The molecule has 3 unspecified atom stereocenters. The lowest BCUT2D eigenvalue weighted by Crippen LogP contribution is -2.29. The molecule has 9 nitrogen and oxygen atoms in total. The highest BCUT2D eigenvalue weighted by atomic mass is 79.9. The number of alkyl halides is 1. The Kier molecular flexibility index (Phi) is 8.47. The molecule has 0 radical (unpaired) electrons. The zero-order chi connectivity index (χ0) is 18.3. The van der Waals surface area contributed by atoms with Crippen LogP contribution in [-0.4, -0.2) is 69.4 Å². The van der Waals surface area contributed by atoms with Gasteiger partial charge in [-0.1, -0.05) is 15.9 Å². The summed E-state index contributed by atoms with van der Waals surface area (Å²) in [6.45, 7) is 8.19. The van der Waals surface area contributed by atoms with Crippen molar-refractivity contribution in [3.05, 3.63) is 0 Å². The third-order valence-corrected chi connectivity index (χ3v) is 3.58. The SMILES string of the molecule is CC1(C)OCC(OCOCC(OCBr)OCOC2COC(C)(C)O2)O1. The Hall–Kier alpha value is 0.120. The summed E-state index contributed by atoms with van der Waals surface area (Å²) in [5.74, 6) is -1.27. The Bertz CT molecular complexity index is 393. The van der Waals surface area contributed by atoms with Gasteiger partial charge in [-0.05, 0) is 27.7 Å². The maximum absolute atomic E-state index is 5.51. The third kappa shape index (κ3) is 8.12. The molecular formula is C15H27BrO9. The molecule has 0 aliphatic carbocycles. The van der Waals surface area contributed by atoms with Crippen LogP contribution in [0.25, 0.3) is 0 Å². The molecule has 2 aliphatic heterocycles. The minimum Gasteiger partial charge on any atom is -0.350 e. The Morgan fingerprint density at radius 1 is 0.920 bits per heavy atom. The van der Waals surface area contributed by atoms with Gasteiger partial charge in [-0.25, -0.2) is 0 Å². The molecular weight excluding hydrogens is 404 g/mol.